The molecule has 2 aromatic carbocycles. The lowest BCUT2D eigenvalue weighted by molar-refractivity contribution is 0.0937. The zero-order valence-electron chi connectivity index (χ0n) is 17.4. The minimum Gasteiger partial charge on any atom is -0.350 e. The maximum atomic E-state index is 13.1. The summed E-state index contributed by atoms with van der Waals surface area (Å²) in [5, 5.41) is 7.94. The molecule has 0 radical (unpaired) electrons. The summed E-state index contributed by atoms with van der Waals surface area (Å²) in [6.07, 6.45) is 2.40. The van der Waals surface area contributed by atoms with Crippen LogP contribution in [-0.4, -0.2) is 40.2 Å². The number of carbonyl (C=O) groups is 1. The molecule has 6 heteroatoms. The van der Waals surface area contributed by atoms with Crippen LogP contribution in [0.1, 0.15) is 46.1 Å². The molecule has 1 N–H and O–H groups in total. The second-order valence-corrected chi connectivity index (χ2v) is 8.24. The number of likely N-dealkylation sites (tertiary alicyclic amines) is 1. The van der Waals surface area contributed by atoms with E-state index in [0.29, 0.717) is 23.0 Å². The van der Waals surface area contributed by atoms with Crippen molar-refractivity contribution in [1.29, 1.82) is 0 Å². The Kier molecular flexibility index (Phi) is 6.21. The number of aryl methyl sites for hydroxylation is 2. The van der Waals surface area contributed by atoms with E-state index >= 15 is 0 Å². The van der Waals surface area contributed by atoms with Crippen LogP contribution in [0, 0.1) is 13.8 Å². The Balaban J connectivity index is 1.54. The normalized spacial score (nSPS) is 15.3. The topological polar surface area (TPSA) is 50.2 Å². The van der Waals surface area contributed by atoms with E-state index in [0.717, 1.165) is 18.8 Å². The molecule has 1 aromatic heterocycles. The van der Waals surface area contributed by atoms with Crippen LogP contribution in [0.15, 0.2) is 54.6 Å². The van der Waals surface area contributed by atoms with Crippen LogP contribution in [0.2, 0.25) is 5.15 Å². The molecule has 1 saturated heterocycles. The summed E-state index contributed by atoms with van der Waals surface area (Å²) >= 11 is 6.57. The highest BCUT2D eigenvalue weighted by Gasteiger charge is 2.26. The van der Waals surface area contributed by atoms with Gasteiger partial charge in [0.1, 0.15) is 5.15 Å². The lowest BCUT2D eigenvalue weighted by Crippen LogP contribution is -2.37. The summed E-state index contributed by atoms with van der Waals surface area (Å²) in [7, 11) is 0. The van der Waals surface area contributed by atoms with Gasteiger partial charge in [-0.3, -0.25) is 9.69 Å². The molecule has 1 aliphatic rings. The number of aromatic nitrogens is 2. The van der Waals surface area contributed by atoms with Gasteiger partial charge in [-0.25, -0.2) is 4.68 Å². The van der Waals surface area contributed by atoms with Crippen LogP contribution in [0.4, 0.5) is 0 Å². The third-order valence-electron chi connectivity index (χ3n) is 5.73. The van der Waals surface area contributed by atoms with E-state index in [1.807, 2.05) is 37.3 Å². The quantitative estimate of drug-likeness (QED) is 0.625. The van der Waals surface area contributed by atoms with E-state index in [2.05, 4.69) is 46.5 Å². The van der Waals surface area contributed by atoms with Crippen molar-refractivity contribution in [3.05, 3.63) is 82.1 Å². The van der Waals surface area contributed by atoms with Crippen LogP contribution >= 0.6 is 11.6 Å². The largest absolute Gasteiger partial charge is 0.350 e. The number of amides is 1. The van der Waals surface area contributed by atoms with Gasteiger partial charge in [-0.1, -0.05) is 59.6 Å². The molecule has 1 atom stereocenters. The number of para-hydroxylation sites is 1. The van der Waals surface area contributed by atoms with Crippen LogP contribution < -0.4 is 5.32 Å². The Morgan fingerprint density at radius 2 is 1.73 bits per heavy atom. The molecule has 5 nitrogen and oxygen atoms in total. The third-order valence-corrected chi connectivity index (χ3v) is 6.08. The molecule has 2 heterocycles. The van der Waals surface area contributed by atoms with Crippen LogP contribution in [0.5, 0.6) is 0 Å². The van der Waals surface area contributed by atoms with E-state index in [9.17, 15) is 4.79 Å². The fourth-order valence-corrected chi connectivity index (χ4v) is 4.43. The first-order chi connectivity index (χ1) is 14.5. The van der Waals surface area contributed by atoms with Crippen molar-refractivity contribution in [2.45, 2.75) is 32.7 Å². The van der Waals surface area contributed by atoms with Crippen molar-refractivity contribution < 1.29 is 4.79 Å². The average Bonchev–Trinajstić information content (AvgIpc) is 3.38. The van der Waals surface area contributed by atoms with Crippen molar-refractivity contribution in [2.24, 2.45) is 0 Å². The molecule has 1 fully saturated rings. The monoisotopic (exact) mass is 422 g/mol. The van der Waals surface area contributed by atoms with Crippen LogP contribution in [0.25, 0.3) is 5.69 Å². The Morgan fingerprint density at radius 1 is 1.07 bits per heavy atom. The average molecular weight is 423 g/mol. The molecule has 0 aliphatic carbocycles. The Hall–Kier alpha value is -2.63. The minimum absolute atomic E-state index is 0.153. The first-order valence-corrected chi connectivity index (χ1v) is 10.8. The van der Waals surface area contributed by atoms with E-state index in [4.69, 9.17) is 11.6 Å². The standard InChI is InChI=1S/C24H27ClN4O/c1-17-10-12-19(13-11-17)21(28-14-6-7-15-28)16-26-24(30)22-18(2)27-29(23(22)25)20-8-4-3-5-9-20/h3-5,8-13,21H,6-7,14-16H2,1-2H3,(H,26,30). The van der Waals surface area contributed by atoms with Gasteiger partial charge in [0.15, 0.2) is 0 Å². The van der Waals surface area contributed by atoms with Gasteiger partial charge in [-0.05, 0) is 57.5 Å². The van der Waals surface area contributed by atoms with Crippen LogP contribution in [-0.2, 0) is 0 Å². The third kappa shape index (κ3) is 4.27. The number of halogens is 1. The summed E-state index contributed by atoms with van der Waals surface area (Å²) < 4.78 is 1.61. The Morgan fingerprint density at radius 3 is 2.40 bits per heavy atom. The van der Waals surface area contributed by atoms with E-state index in [1.54, 1.807) is 4.68 Å². The van der Waals surface area contributed by atoms with Gasteiger partial charge in [-0.15, -0.1) is 0 Å². The maximum Gasteiger partial charge on any atom is 0.256 e. The summed E-state index contributed by atoms with van der Waals surface area (Å²) in [6, 6.07) is 18.4. The van der Waals surface area contributed by atoms with Crippen molar-refractivity contribution in [3.63, 3.8) is 0 Å². The molecule has 1 aliphatic heterocycles. The Bertz CT molecular complexity index is 1010. The van der Waals surface area contributed by atoms with Gasteiger partial charge in [0, 0.05) is 6.54 Å². The lowest BCUT2D eigenvalue weighted by Gasteiger charge is -2.28. The molecule has 156 valence electrons. The van der Waals surface area contributed by atoms with Gasteiger partial charge >= 0.3 is 0 Å². The zero-order chi connectivity index (χ0) is 21.1. The first-order valence-electron chi connectivity index (χ1n) is 10.4. The zero-order valence-corrected chi connectivity index (χ0v) is 18.2. The number of nitrogens with zero attached hydrogens (tertiary/aromatic N) is 3. The van der Waals surface area contributed by atoms with Crippen molar-refractivity contribution >= 4 is 17.5 Å². The number of nitrogens with one attached hydrogen (secondary N) is 1. The van der Waals surface area contributed by atoms with Gasteiger partial charge < -0.3 is 5.32 Å². The highest BCUT2D eigenvalue weighted by Crippen LogP contribution is 2.26. The maximum absolute atomic E-state index is 13.1. The molecule has 4 rings (SSSR count). The molecule has 1 amide bonds. The SMILES string of the molecule is Cc1ccc(C(CNC(=O)c2c(C)nn(-c3ccccc3)c2Cl)N2CCCC2)cc1. The van der Waals surface area contributed by atoms with E-state index in [1.165, 1.54) is 24.0 Å². The first kappa shape index (κ1) is 20.6. The molecular weight excluding hydrogens is 396 g/mol. The summed E-state index contributed by atoms with van der Waals surface area (Å²) in [4.78, 5) is 15.5. The van der Waals surface area contributed by atoms with E-state index in [-0.39, 0.29) is 11.9 Å². The smallest absolute Gasteiger partial charge is 0.256 e. The molecular formula is C24H27ClN4O. The summed E-state index contributed by atoms with van der Waals surface area (Å²) in [5.41, 5.74) is 4.35. The van der Waals surface area contributed by atoms with Gasteiger partial charge in [0.25, 0.3) is 5.91 Å². The second-order valence-electron chi connectivity index (χ2n) is 7.88. The predicted octanol–water partition coefficient (Wildman–Crippen LogP) is 4.71. The predicted molar refractivity (Wildman–Crippen MR) is 120 cm³/mol. The lowest BCUT2D eigenvalue weighted by atomic mass is 10.0. The van der Waals surface area contributed by atoms with E-state index < -0.39 is 0 Å². The molecule has 0 bridgehead atoms. The fraction of sp³-hybridized carbons (Fsp3) is 0.333. The van der Waals surface area contributed by atoms with Crippen molar-refractivity contribution in [1.82, 2.24) is 20.0 Å². The molecule has 30 heavy (non-hydrogen) atoms. The second kappa shape index (κ2) is 9.02. The van der Waals surface area contributed by atoms with Gasteiger partial charge in [-0.2, -0.15) is 5.10 Å². The molecule has 0 saturated carbocycles. The number of carbonyl (C=O) groups excluding carboxylic acids is 1. The highest BCUT2D eigenvalue weighted by atomic mass is 35.5. The van der Waals surface area contributed by atoms with Crippen molar-refractivity contribution in [2.75, 3.05) is 19.6 Å². The number of benzene rings is 2. The van der Waals surface area contributed by atoms with Crippen LogP contribution in [0.3, 0.4) is 0 Å². The summed E-state index contributed by atoms with van der Waals surface area (Å²) in [5.74, 6) is -0.184. The van der Waals surface area contributed by atoms with Gasteiger partial charge in [0.2, 0.25) is 0 Å². The molecule has 3 aromatic rings. The van der Waals surface area contributed by atoms with Crippen molar-refractivity contribution in [3.8, 4) is 5.69 Å². The number of hydrogen-bond donors (Lipinski definition) is 1. The molecule has 1 unspecified atom stereocenters. The van der Waals surface area contributed by atoms with Gasteiger partial charge in [0.05, 0.1) is 23.0 Å². The number of rotatable bonds is 6. The Labute approximate surface area is 182 Å². The minimum atomic E-state index is -0.184. The number of hydrogen-bond acceptors (Lipinski definition) is 3. The summed E-state index contributed by atoms with van der Waals surface area (Å²) in [6.45, 7) is 6.55. The highest BCUT2D eigenvalue weighted by molar-refractivity contribution is 6.33. The fourth-order valence-electron chi connectivity index (χ4n) is 4.07. The molecule has 0 spiro atoms.